The number of rotatable bonds is 3. The Hall–Kier alpha value is -2.01. The van der Waals surface area contributed by atoms with E-state index in [0.717, 1.165) is 10.4 Å². The number of nitrogens with two attached hydrogens (primary N) is 1. The van der Waals surface area contributed by atoms with E-state index in [1.165, 1.54) is 11.3 Å². The number of carbonyl (C=O) groups is 1. The first kappa shape index (κ1) is 12.4. The predicted molar refractivity (Wildman–Crippen MR) is 71.8 cm³/mol. The topological polar surface area (TPSA) is 61.5 Å². The van der Waals surface area contributed by atoms with E-state index < -0.39 is 6.16 Å². The third-order valence-electron chi connectivity index (χ3n) is 2.24. The van der Waals surface area contributed by atoms with Crippen molar-refractivity contribution in [2.24, 2.45) is 0 Å². The van der Waals surface area contributed by atoms with Gasteiger partial charge in [-0.25, -0.2) is 4.79 Å². The van der Waals surface area contributed by atoms with Gasteiger partial charge in [-0.1, -0.05) is 30.3 Å². The van der Waals surface area contributed by atoms with Gasteiger partial charge < -0.3 is 15.2 Å². The van der Waals surface area contributed by atoms with Crippen LogP contribution in [0.1, 0.15) is 6.92 Å². The first-order valence-corrected chi connectivity index (χ1v) is 6.31. The highest BCUT2D eigenvalue weighted by Crippen LogP contribution is 2.38. The first-order chi connectivity index (χ1) is 8.70. The van der Waals surface area contributed by atoms with E-state index >= 15 is 0 Å². The van der Waals surface area contributed by atoms with Crippen LogP contribution in [0.5, 0.6) is 5.75 Å². The van der Waals surface area contributed by atoms with Crippen LogP contribution in [-0.2, 0) is 4.74 Å². The molecule has 0 aliphatic carbocycles. The first-order valence-electron chi connectivity index (χ1n) is 5.50. The zero-order valence-electron chi connectivity index (χ0n) is 9.88. The number of hydrogen-bond acceptors (Lipinski definition) is 5. The predicted octanol–water partition coefficient (Wildman–Crippen LogP) is 3.53. The third-order valence-corrected chi connectivity index (χ3v) is 3.23. The second kappa shape index (κ2) is 5.55. The molecule has 18 heavy (non-hydrogen) atoms. The van der Waals surface area contributed by atoms with E-state index in [1.807, 2.05) is 30.3 Å². The molecule has 94 valence electrons. The summed E-state index contributed by atoms with van der Waals surface area (Å²) in [6.45, 7) is 1.99. The van der Waals surface area contributed by atoms with Crippen LogP contribution in [0.4, 0.5) is 9.80 Å². The van der Waals surface area contributed by atoms with Crippen molar-refractivity contribution in [1.29, 1.82) is 0 Å². The van der Waals surface area contributed by atoms with Crippen LogP contribution in [0.2, 0.25) is 0 Å². The minimum Gasteiger partial charge on any atom is -0.434 e. The smallest absolute Gasteiger partial charge is 0.434 e. The SMILES string of the molecule is CCOC(=O)Oc1cc(-c2ccccc2)sc1N. The van der Waals surface area contributed by atoms with Gasteiger partial charge in [0.1, 0.15) is 5.00 Å². The molecular weight excluding hydrogens is 250 g/mol. The van der Waals surface area contributed by atoms with E-state index in [1.54, 1.807) is 13.0 Å². The molecule has 0 spiro atoms. The summed E-state index contributed by atoms with van der Waals surface area (Å²) in [5.74, 6) is 0.345. The number of nitrogen functional groups attached to an aromatic ring is 1. The molecule has 2 rings (SSSR count). The summed E-state index contributed by atoms with van der Waals surface area (Å²) in [6.07, 6.45) is -0.735. The number of carbonyl (C=O) groups excluding carboxylic acids is 1. The van der Waals surface area contributed by atoms with Gasteiger partial charge in [0.15, 0.2) is 5.75 Å². The molecule has 0 saturated heterocycles. The van der Waals surface area contributed by atoms with Crippen molar-refractivity contribution in [1.82, 2.24) is 0 Å². The van der Waals surface area contributed by atoms with Crippen molar-refractivity contribution in [3.63, 3.8) is 0 Å². The van der Waals surface area contributed by atoms with E-state index in [9.17, 15) is 4.79 Å². The zero-order valence-corrected chi connectivity index (χ0v) is 10.7. The third kappa shape index (κ3) is 2.81. The number of benzene rings is 1. The fourth-order valence-electron chi connectivity index (χ4n) is 1.45. The number of anilines is 1. The average molecular weight is 263 g/mol. The normalized spacial score (nSPS) is 10.1. The van der Waals surface area contributed by atoms with Crippen LogP contribution in [0, 0.1) is 0 Å². The summed E-state index contributed by atoms with van der Waals surface area (Å²) in [7, 11) is 0. The molecule has 5 heteroatoms. The van der Waals surface area contributed by atoms with Gasteiger partial charge in [0.2, 0.25) is 0 Å². The van der Waals surface area contributed by atoms with Gasteiger partial charge in [0.05, 0.1) is 6.61 Å². The molecule has 2 N–H and O–H groups in total. The quantitative estimate of drug-likeness (QED) is 0.860. The van der Waals surface area contributed by atoms with E-state index in [2.05, 4.69) is 0 Å². The molecule has 0 atom stereocenters. The Bertz CT molecular complexity index is 536. The summed E-state index contributed by atoms with van der Waals surface area (Å²) >= 11 is 1.37. The van der Waals surface area contributed by atoms with E-state index in [0.29, 0.717) is 10.8 Å². The molecule has 0 amide bonds. The standard InChI is InChI=1S/C13H13NO3S/c1-2-16-13(15)17-10-8-11(18-12(10)14)9-6-4-3-5-7-9/h3-8H,2,14H2,1H3. The molecule has 0 bridgehead atoms. The lowest BCUT2D eigenvalue weighted by molar-refractivity contribution is 0.104. The fraction of sp³-hybridized carbons (Fsp3) is 0.154. The Morgan fingerprint density at radius 1 is 1.33 bits per heavy atom. The van der Waals surface area contributed by atoms with E-state index in [-0.39, 0.29) is 6.61 Å². The van der Waals surface area contributed by atoms with Crippen molar-refractivity contribution in [2.75, 3.05) is 12.3 Å². The van der Waals surface area contributed by atoms with Crippen molar-refractivity contribution >= 4 is 22.5 Å². The Labute approximate surface area is 109 Å². The average Bonchev–Trinajstić information content (AvgIpc) is 2.72. The van der Waals surface area contributed by atoms with Crippen molar-refractivity contribution in [3.8, 4) is 16.2 Å². The Morgan fingerprint density at radius 3 is 2.72 bits per heavy atom. The van der Waals surface area contributed by atoms with Crippen LogP contribution >= 0.6 is 11.3 Å². The van der Waals surface area contributed by atoms with Gasteiger partial charge >= 0.3 is 6.16 Å². The second-order valence-corrected chi connectivity index (χ2v) is 4.57. The maximum absolute atomic E-state index is 11.2. The van der Waals surface area contributed by atoms with Crippen molar-refractivity contribution < 1.29 is 14.3 Å². The second-order valence-electron chi connectivity index (χ2n) is 3.49. The lowest BCUT2D eigenvalue weighted by Crippen LogP contribution is -2.10. The minimum absolute atomic E-state index is 0.272. The van der Waals surface area contributed by atoms with Crippen LogP contribution in [0.25, 0.3) is 10.4 Å². The Balaban J connectivity index is 2.20. The van der Waals surface area contributed by atoms with E-state index in [4.69, 9.17) is 15.2 Å². The van der Waals surface area contributed by atoms with Crippen LogP contribution in [0.3, 0.4) is 0 Å². The van der Waals surface area contributed by atoms with Gasteiger partial charge in [0, 0.05) is 10.9 Å². The highest BCUT2D eigenvalue weighted by atomic mass is 32.1. The summed E-state index contributed by atoms with van der Waals surface area (Å²) in [5.41, 5.74) is 6.84. The summed E-state index contributed by atoms with van der Waals surface area (Å²) in [5, 5.41) is 0.460. The fourth-order valence-corrected chi connectivity index (χ4v) is 2.31. The number of ether oxygens (including phenoxy) is 2. The summed E-state index contributed by atoms with van der Waals surface area (Å²) in [6, 6.07) is 11.5. The largest absolute Gasteiger partial charge is 0.513 e. The summed E-state index contributed by atoms with van der Waals surface area (Å²) < 4.78 is 9.72. The Kier molecular flexibility index (Phi) is 3.84. The molecular formula is C13H13NO3S. The van der Waals surface area contributed by atoms with Crippen LogP contribution < -0.4 is 10.5 Å². The van der Waals surface area contributed by atoms with Gasteiger partial charge in [-0.15, -0.1) is 11.3 Å². The van der Waals surface area contributed by atoms with Crippen LogP contribution in [0.15, 0.2) is 36.4 Å². The van der Waals surface area contributed by atoms with Crippen LogP contribution in [-0.4, -0.2) is 12.8 Å². The maximum Gasteiger partial charge on any atom is 0.513 e. The monoisotopic (exact) mass is 263 g/mol. The summed E-state index contributed by atoms with van der Waals surface area (Å²) in [4.78, 5) is 12.2. The zero-order chi connectivity index (χ0) is 13.0. The molecule has 1 aromatic carbocycles. The molecule has 1 aromatic heterocycles. The number of hydrogen-bond donors (Lipinski definition) is 1. The highest BCUT2D eigenvalue weighted by Gasteiger charge is 2.13. The molecule has 0 aliphatic rings. The molecule has 0 fully saturated rings. The molecule has 0 unspecified atom stereocenters. The lowest BCUT2D eigenvalue weighted by atomic mass is 10.2. The van der Waals surface area contributed by atoms with Gasteiger partial charge in [-0.2, -0.15) is 0 Å². The van der Waals surface area contributed by atoms with Gasteiger partial charge in [-0.3, -0.25) is 0 Å². The molecule has 4 nitrogen and oxygen atoms in total. The number of thiophene rings is 1. The molecule has 0 saturated carbocycles. The molecule has 0 aliphatic heterocycles. The van der Waals surface area contributed by atoms with Gasteiger partial charge in [-0.05, 0) is 12.5 Å². The highest BCUT2D eigenvalue weighted by molar-refractivity contribution is 7.19. The van der Waals surface area contributed by atoms with Crippen molar-refractivity contribution in [2.45, 2.75) is 6.92 Å². The van der Waals surface area contributed by atoms with Gasteiger partial charge in [0.25, 0.3) is 0 Å². The molecule has 1 heterocycles. The Morgan fingerprint density at radius 2 is 2.06 bits per heavy atom. The minimum atomic E-state index is -0.735. The van der Waals surface area contributed by atoms with Crippen molar-refractivity contribution in [3.05, 3.63) is 36.4 Å². The molecule has 0 radical (unpaired) electrons. The molecule has 2 aromatic rings. The maximum atomic E-state index is 11.2. The lowest BCUT2D eigenvalue weighted by Gasteiger charge is -2.01.